The number of likely N-dealkylation sites (N-methyl/N-ethyl adjacent to an activating group) is 1. The maximum atomic E-state index is 13.9. The van der Waals surface area contributed by atoms with Crippen LogP contribution < -0.4 is 62.5 Å². The molecule has 42 nitrogen and oxygen atoms in total. The molecule has 4 aromatic carbocycles. The molecule has 1 unspecified atom stereocenters. The monoisotopic (exact) mass is 1830 g/mol. The molecule has 0 spiro atoms. The second-order valence-electron chi connectivity index (χ2n) is 32.2. The molecule has 0 bridgehead atoms. The summed E-state index contributed by atoms with van der Waals surface area (Å²) >= 11 is 4.16. The lowest BCUT2D eigenvalue weighted by Crippen LogP contribution is -2.57. The summed E-state index contributed by atoms with van der Waals surface area (Å²) in [6.07, 6.45) is -8.89. The Kier molecular flexibility index (Phi) is 27.8. The Morgan fingerprint density at radius 3 is 1.73 bits per heavy atom. The van der Waals surface area contributed by atoms with Crippen LogP contribution in [0.15, 0.2) is 101 Å². The van der Waals surface area contributed by atoms with E-state index in [0.29, 0.717) is 74.8 Å². The average molecular weight is 1830 g/mol. The van der Waals surface area contributed by atoms with Gasteiger partial charge >= 0.3 is 30.1 Å². The van der Waals surface area contributed by atoms with Gasteiger partial charge in [0.15, 0.2) is 24.7 Å². The predicted molar refractivity (Wildman–Crippen MR) is 461 cm³/mol. The number of anilines is 2. The molecule has 1 saturated heterocycles. The molecule has 131 heavy (non-hydrogen) atoms. The van der Waals surface area contributed by atoms with Gasteiger partial charge in [-0.1, -0.05) is 39.0 Å². The summed E-state index contributed by atoms with van der Waals surface area (Å²) in [6, 6.07) is 23.7. The third kappa shape index (κ3) is 19.9. The molecule has 10 amide bonds. The number of aliphatic hydroxyl groups excluding tert-OH is 3. The van der Waals surface area contributed by atoms with Crippen molar-refractivity contribution in [2.45, 2.75) is 147 Å². The average Bonchev–Trinajstić information content (AvgIpc) is 1.57. The zero-order valence-corrected chi connectivity index (χ0v) is 72.3. The number of carbonyl (C=O) groups excluding carboxylic acids is 12. The number of hydrogen-bond donors (Lipinski definition) is 14. The SMILES string of the molecule is CCc1c2c(nc3ccc(OCNC(=O)OCc4ccc(O[C@@H]5C[C@H](C(=O)O)[C@@H](O)[C@H](O)[C@H]5O)c(NC(=O)CN(C)C(=O)CCNC(=O)CN(CCN5C(=O)CC(S)C5=O)CC(=O)NCC(=O)NCC(=O)Nc5ccc(COC(=O)NCOc6ccc7nc8c(c(CC)c7c6)Cn6c-8cc7c(c6=O)COC(=O)[C@@]7(C)O)cc5)c4)cc13)-c1cc3c(c(=O)n1C2)COC(=O)[C@]3(O)CC. The molecular weight excluding hydrogens is 1730 g/mol. The minimum atomic E-state index is -2.01. The number of alkyl carbamates (subject to hydrolysis) is 2. The number of pyridine rings is 4. The molecule has 8 aromatic rings. The first-order chi connectivity index (χ1) is 62.5. The van der Waals surface area contributed by atoms with E-state index in [0.717, 1.165) is 37.4 Å². The molecule has 43 heteroatoms. The van der Waals surface area contributed by atoms with Crippen molar-refractivity contribution in [2.24, 2.45) is 5.92 Å². The number of rotatable bonds is 34. The molecule has 1 aliphatic carbocycles. The smallest absolute Gasteiger partial charge is 0.410 e. The number of nitrogens with zero attached hydrogens (tertiary/aromatic N) is 7. The second kappa shape index (κ2) is 39.1. The van der Waals surface area contributed by atoms with Crippen LogP contribution in [-0.4, -0.2) is 244 Å². The minimum absolute atomic E-state index is 0.0187. The number of carboxylic acid groups (broad SMARTS) is 1. The van der Waals surface area contributed by atoms with Crippen LogP contribution in [0.2, 0.25) is 0 Å². The number of aliphatic carboxylic acids is 1. The van der Waals surface area contributed by atoms with Gasteiger partial charge in [-0.2, -0.15) is 12.6 Å². The van der Waals surface area contributed by atoms with Crippen molar-refractivity contribution in [3.8, 4) is 40.0 Å². The number of aryl methyl sites for hydroxylation is 2. The lowest BCUT2D eigenvalue weighted by Gasteiger charge is -2.38. The summed E-state index contributed by atoms with van der Waals surface area (Å²) in [5.41, 5.74) is 3.38. The van der Waals surface area contributed by atoms with Crippen LogP contribution in [0.4, 0.5) is 21.0 Å². The number of ether oxygens (including phenoxy) is 7. The number of fused-ring (bicyclic) bond motifs is 10. The van der Waals surface area contributed by atoms with Gasteiger partial charge < -0.3 is 104 Å². The number of likely N-dealkylation sites (tertiary alicyclic amines) is 1. The zero-order valence-electron chi connectivity index (χ0n) is 71.4. The Bertz CT molecular complexity index is 6120. The molecule has 4 aromatic heterocycles. The van der Waals surface area contributed by atoms with E-state index >= 15 is 0 Å². The summed E-state index contributed by atoms with van der Waals surface area (Å²) < 4.78 is 42.0. The molecule has 8 atom stereocenters. The highest BCUT2D eigenvalue weighted by Gasteiger charge is 2.49. The third-order valence-corrected chi connectivity index (χ3v) is 24.0. The lowest BCUT2D eigenvalue weighted by atomic mass is 9.80. The first-order valence-corrected chi connectivity index (χ1v) is 42.4. The van der Waals surface area contributed by atoms with Crippen molar-refractivity contribution in [1.82, 2.24) is 60.4 Å². The zero-order chi connectivity index (χ0) is 93.8. The van der Waals surface area contributed by atoms with E-state index in [-0.39, 0.29) is 123 Å². The van der Waals surface area contributed by atoms with Crippen LogP contribution in [0, 0.1) is 5.92 Å². The van der Waals surface area contributed by atoms with Crippen molar-refractivity contribution in [3.63, 3.8) is 0 Å². The summed E-state index contributed by atoms with van der Waals surface area (Å²) in [4.78, 5) is 209. The van der Waals surface area contributed by atoms with Crippen LogP contribution in [0.3, 0.4) is 0 Å². The van der Waals surface area contributed by atoms with E-state index in [1.54, 1.807) is 76.7 Å². The number of carbonyl (C=O) groups is 13. The van der Waals surface area contributed by atoms with Crippen LogP contribution in [0.25, 0.3) is 44.6 Å². The quantitative estimate of drug-likeness (QED) is 0.00872. The van der Waals surface area contributed by atoms with Gasteiger partial charge in [0.25, 0.3) is 11.1 Å². The molecule has 690 valence electrons. The number of benzene rings is 4. The molecule has 5 aliphatic heterocycles. The first-order valence-electron chi connectivity index (χ1n) is 41.9. The summed E-state index contributed by atoms with van der Waals surface area (Å²) in [5, 5.41) is 82.3. The Labute approximate surface area is 749 Å². The number of hydrogen-bond acceptors (Lipinski definition) is 31. The Balaban J connectivity index is 0.516. The molecule has 1 saturated carbocycles. The first kappa shape index (κ1) is 93.2. The number of nitrogens with one attached hydrogen (secondary N) is 7. The molecule has 2 fully saturated rings. The van der Waals surface area contributed by atoms with Crippen molar-refractivity contribution >= 4 is 123 Å². The van der Waals surface area contributed by atoms with Crippen LogP contribution in [0.1, 0.15) is 109 Å². The van der Waals surface area contributed by atoms with Crippen molar-refractivity contribution in [1.29, 1.82) is 0 Å². The highest BCUT2D eigenvalue weighted by atomic mass is 32.1. The molecule has 0 radical (unpaired) electrons. The molecule has 9 heterocycles. The van der Waals surface area contributed by atoms with Crippen LogP contribution >= 0.6 is 12.6 Å². The fourth-order valence-electron chi connectivity index (χ4n) is 16.5. The Morgan fingerprint density at radius 2 is 1.15 bits per heavy atom. The Hall–Kier alpha value is -14.0. The van der Waals surface area contributed by atoms with Gasteiger partial charge in [-0.25, -0.2) is 29.1 Å². The van der Waals surface area contributed by atoms with Crippen molar-refractivity contribution in [3.05, 3.63) is 167 Å². The van der Waals surface area contributed by atoms with Gasteiger partial charge in [0.05, 0.1) is 114 Å². The normalized spacial score (nSPS) is 19.6. The van der Waals surface area contributed by atoms with E-state index in [9.17, 15) is 103 Å². The van der Waals surface area contributed by atoms with Gasteiger partial charge in [0.1, 0.15) is 62.0 Å². The molecular formula is C88H94N14O28S. The van der Waals surface area contributed by atoms with E-state index in [1.165, 1.54) is 49.2 Å². The van der Waals surface area contributed by atoms with Crippen molar-refractivity contribution in [2.75, 3.05) is 83.5 Å². The van der Waals surface area contributed by atoms with Gasteiger partial charge in [0, 0.05) is 84.7 Å². The van der Waals surface area contributed by atoms with Crippen LogP contribution in [0.5, 0.6) is 17.2 Å². The Morgan fingerprint density at radius 1 is 0.603 bits per heavy atom. The maximum Gasteiger partial charge on any atom is 0.410 e. The fraction of sp³-hybridized carbons (Fsp3) is 0.398. The molecule has 13 N–H and O–H groups in total. The highest BCUT2D eigenvalue weighted by molar-refractivity contribution is 7.81. The number of carboxylic acids is 1. The summed E-state index contributed by atoms with van der Waals surface area (Å²) in [5.74, 6) is -9.83. The van der Waals surface area contributed by atoms with E-state index in [4.69, 9.17) is 43.1 Å². The summed E-state index contributed by atoms with van der Waals surface area (Å²) in [6.45, 7) is 1.69. The third-order valence-electron chi connectivity index (χ3n) is 23.6. The highest BCUT2D eigenvalue weighted by Crippen LogP contribution is 2.44. The topological polar surface area (TPSA) is 572 Å². The summed E-state index contributed by atoms with van der Waals surface area (Å²) in [7, 11) is 1.27. The molecule has 14 rings (SSSR count). The van der Waals surface area contributed by atoms with E-state index in [2.05, 4.69) is 49.8 Å². The standard InChI is InChI=1S/C88H94N14O28S/c1-6-48-50-24-46(14-16-59(50)96-74-53(48)32-101-62(74)27-57-55(79(101)113)39-124-83(118)87(57,4)122)128-41-92-85(120)126-37-43-9-12-45(13-10-43)94-68(104)31-90-67(103)30-91-70(106)36-99(21-22-100-73(109)29-66(131)81(100)115)35-69(105)89-20-19-72(108)98(5)34-71(107)95-61-23-44(11-18-64(61)130-65-26-52(82(116)117)76(110)78(112)77(65)111)38-127-86(121)93-42-129-47-15-17-60-51(25-47)49(7-2)54-33-102-63(75(54)97-60)28-58-56(80(102)114)40-125-84(119)88(58,123)8-3/h9-18,23-25,27-28,52,65-66,76-78,110-112,122-123,131H,6-8,19-22,26,29-42H2,1-5H3,(H,89,105)(H,90,103)(H,91,106)(H,92,120)(H,93,121)(H,94,104)(H,95,107)(H,116,117)/t52-,65+,66?,76+,77-,78-,87-,88-/m0/s1. The maximum absolute atomic E-state index is 13.9. The largest absolute Gasteiger partial charge is 0.485 e. The van der Waals surface area contributed by atoms with Gasteiger partial charge in [-0.05, 0) is 121 Å². The second-order valence-corrected chi connectivity index (χ2v) is 32.8. The van der Waals surface area contributed by atoms with Gasteiger partial charge in [-0.3, -0.25) is 73.2 Å². The number of esters is 2. The van der Waals surface area contributed by atoms with Crippen molar-refractivity contribution < 1.29 is 126 Å². The number of cyclic esters (lactones) is 2. The molecule has 6 aliphatic rings. The number of aromatic nitrogens is 4. The van der Waals surface area contributed by atoms with E-state index in [1.807, 2.05) is 13.8 Å². The fourth-order valence-corrected chi connectivity index (χ4v) is 16.8. The predicted octanol–water partition coefficient (Wildman–Crippen LogP) is 0.801. The lowest BCUT2D eigenvalue weighted by molar-refractivity contribution is -0.174. The number of amides is 10. The number of thiol groups is 1. The van der Waals surface area contributed by atoms with Gasteiger partial charge in [0.2, 0.25) is 47.3 Å². The van der Waals surface area contributed by atoms with Crippen LogP contribution in [-0.2, 0) is 135 Å². The number of aliphatic hydroxyl groups is 5. The van der Waals surface area contributed by atoms with Gasteiger partial charge in [-0.15, -0.1) is 0 Å². The minimum Gasteiger partial charge on any atom is -0.485 e. The van der Waals surface area contributed by atoms with E-state index < -0.39 is 182 Å². The number of imide groups is 1.